The number of amides is 2. The van der Waals surface area contributed by atoms with E-state index in [0.29, 0.717) is 6.54 Å². The van der Waals surface area contributed by atoms with Crippen LogP contribution in [0.15, 0.2) is 24.5 Å². The first kappa shape index (κ1) is 16.5. The molecule has 120 valence electrons. The number of hydrogen-bond donors (Lipinski definition) is 0. The highest BCUT2D eigenvalue weighted by Gasteiger charge is 2.20. The maximum absolute atomic E-state index is 12.2. The second-order valence-corrected chi connectivity index (χ2v) is 5.89. The number of hydrogen-bond acceptors (Lipinski definition) is 3. The van der Waals surface area contributed by atoms with Crippen molar-refractivity contribution < 1.29 is 9.59 Å². The highest BCUT2D eigenvalue weighted by Crippen LogP contribution is 2.11. The van der Waals surface area contributed by atoms with Crippen LogP contribution < -0.4 is 0 Å². The zero-order valence-corrected chi connectivity index (χ0v) is 13.3. The molecule has 1 fully saturated rings. The Hall–Kier alpha value is -1.91. The fourth-order valence-corrected chi connectivity index (χ4v) is 2.67. The lowest BCUT2D eigenvalue weighted by Gasteiger charge is -2.22. The SMILES string of the molecule is CN(CCc1ccncc1)C(=O)CC(=O)N1CCCCCC1. The predicted molar refractivity (Wildman–Crippen MR) is 85.2 cm³/mol. The van der Waals surface area contributed by atoms with Gasteiger partial charge in [0.25, 0.3) is 0 Å². The number of likely N-dealkylation sites (tertiary alicyclic amines) is 1. The van der Waals surface area contributed by atoms with E-state index in [-0.39, 0.29) is 18.2 Å². The number of pyridine rings is 1. The van der Waals surface area contributed by atoms with Crippen molar-refractivity contribution in [1.29, 1.82) is 0 Å². The van der Waals surface area contributed by atoms with Crippen LogP contribution in [0.5, 0.6) is 0 Å². The molecule has 1 aliphatic rings. The highest BCUT2D eigenvalue weighted by atomic mass is 16.2. The normalized spacial score (nSPS) is 15.2. The van der Waals surface area contributed by atoms with Crippen molar-refractivity contribution in [1.82, 2.24) is 14.8 Å². The molecule has 5 nitrogen and oxygen atoms in total. The fraction of sp³-hybridized carbons (Fsp3) is 0.588. The van der Waals surface area contributed by atoms with Crippen molar-refractivity contribution in [2.75, 3.05) is 26.7 Å². The Morgan fingerprint density at radius 2 is 1.77 bits per heavy atom. The summed E-state index contributed by atoms with van der Waals surface area (Å²) in [7, 11) is 1.76. The van der Waals surface area contributed by atoms with Gasteiger partial charge in [-0.2, -0.15) is 0 Å². The van der Waals surface area contributed by atoms with E-state index in [9.17, 15) is 9.59 Å². The van der Waals surface area contributed by atoms with Crippen molar-refractivity contribution in [2.45, 2.75) is 38.5 Å². The van der Waals surface area contributed by atoms with Gasteiger partial charge in [0.1, 0.15) is 6.42 Å². The van der Waals surface area contributed by atoms with E-state index in [0.717, 1.165) is 37.9 Å². The molecule has 0 radical (unpaired) electrons. The summed E-state index contributed by atoms with van der Waals surface area (Å²) < 4.78 is 0. The van der Waals surface area contributed by atoms with E-state index in [1.165, 1.54) is 12.8 Å². The number of nitrogens with zero attached hydrogens (tertiary/aromatic N) is 3. The fourth-order valence-electron chi connectivity index (χ4n) is 2.67. The molecule has 5 heteroatoms. The molecular weight excluding hydrogens is 278 g/mol. The molecule has 2 rings (SSSR count). The van der Waals surface area contributed by atoms with Crippen LogP contribution in [0.1, 0.15) is 37.7 Å². The second kappa shape index (κ2) is 8.51. The molecule has 1 aromatic heterocycles. The van der Waals surface area contributed by atoms with Crippen LogP contribution in [0.3, 0.4) is 0 Å². The lowest BCUT2D eigenvalue weighted by molar-refractivity contribution is -0.139. The second-order valence-electron chi connectivity index (χ2n) is 5.89. The highest BCUT2D eigenvalue weighted by molar-refractivity contribution is 5.96. The van der Waals surface area contributed by atoms with Crippen LogP contribution >= 0.6 is 0 Å². The molecule has 0 spiro atoms. The smallest absolute Gasteiger partial charge is 0.232 e. The largest absolute Gasteiger partial charge is 0.345 e. The Kier molecular flexibility index (Phi) is 6.37. The molecule has 1 saturated heterocycles. The van der Waals surface area contributed by atoms with Crippen molar-refractivity contribution in [3.05, 3.63) is 30.1 Å². The molecule has 0 N–H and O–H groups in total. The first-order valence-electron chi connectivity index (χ1n) is 8.07. The van der Waals surface area contributed by atoms with Gasteiger partial charge in [0, 0.05) is 39.1 Å². The summed E-state index contributed by atoms with van der Waals surface area (Å²) in [4.78, 5) is 31.9. The topological polar surface area (TPSA) is 53.5 Å². The zero-order valence-electron chi connectivity index (χ0n) is 13.3. The van der Waals surface area contributed by atoms with E-state index < -0.39 is 0 Å². The average molecular weight is 303 g/mol. The quantitative estimate of drug-likeness (QED) is 0.780. The lowest BCUT2D eigenvalue weighted by atomic mass is 10.2. The molecule has 22 heavy (non-hydrogen) atoms. The van der Waals surface area contributed by atoms with Crippen molar-refractivity contribution in [3.8, 4) is 0 Å². The standard InChI is InChI=1S/C17H25N3O2/c1-19(13-8-15-6-9-18-10-7-15)16(21)14-17(22)20-11-4-2-3-5-12-20/h6-7,9-10H,2-5,8,11-14H2,1H3. The molecule has 0 atom stereocenters. The maximum Gasteiger partial charge on any atom is 0.232 e. The lowest BCUT2D eigenvalue weighted by Crippen LogP contribution is -2.37. The molecule has 2 heterocycles. The number of aromatic nitrogens is 1. The summed E-state index contributed by atoms with van der Waals surface area (Å²) in [5.41, 5.74) is 1.15. The minimum Gasteiger partial charge on any atom is -0.345 e. The summed E-state index contributed by atoms with van der Waals surface area (Å²) in [5.74, 6) is -0.119. The Bertz CT molecular complexity index is 482. The molecular formula is C17H25N3O2. The predicted octanol–water partition coefficient (Wildman–Crippen LogP) is 1.88. The first-order chi connectivity index (χ1) is 10.7. The van der Waals surface area contributed by atoms with E-state index in [1.807, 2.05) is 17.0 Å². The Morgan fingerprint density at radius 1 is 1.14 bits per heavy atom. The summed E-state index contributed by atoms with van der Waals surface area (Å²) >= 11 is 0. The van der Waals surface area contributed by atoms with Gasteiger partial charge in [-0.1, -0.05) is 12.8 Å². The van der Waals surface area contributed by atoms with E-state index in [2.05, 4.69) is 4.98 Å². The van der Waals surface area contributed by atoms with E-state index >= 15 is 0 Å². The van der Waals surface area contributed by atoms with Gasteiger partial charge in [0.05, 0.1) is 0 Å². The number of carbonyl (C=O) groups excluding carboxylic acids is 2. The van der Waals surface area contributed by atoms with Gasteiger partial charge in [-0.05, 0) is 37.0 Å². The van der Waals surface area contributed by atoms with Gasteiger partial charge < -0.3 is 9.80 Å². The van der Waals surface area contributed by atoms with Gasteiger partial charge in [0.15, 0.2) is 0 Å². The summed E-state index contributed by atoms with van der Waals surface area (Å²) in [5, 5.41) is 0. The average Bonchev–Trinajstić information content (AvgIpc) is 2.82. The third-order valence-electron chi connectivity index (χ3n) is 4.17. The van der Waals surface area contributed by atoms with Crippen LogP contribution in [0, 0.1) is 0 Å². The molecule has 0 saturated carbocycles. The molecule has 0 unspecified atom stereocenters. The number of rotatable bonds is 5. The minimum atomic E-state index is -0.0942. The number of likely N-dealkylation sites (N-methyl/N-ethyl adjacent to an activating group) is 1. The molecule has 0 aromatic carbocycles. The molecule has 1 aromatic rings. The van der Waals surface area contributed by atoms with Gasteiger partial charge >= 0.3 is 0 Å². The van der Waals surface area contributed by atoms with E-state index in [4.69, 9.17) is 0 Å². The van der Waals surface area contributed by atoms with Gasteiger partial charge in [-0.25, -0.2) is 0 Å². The molecule has 2 amide bonds. The zero-order chi connectivity index (χ0) is 15.8. The summed E-state index contributed by atoms with van der Waals surface area (Å²) in [6.07, 6.45) is 8.75. The number of carbonyl (C=O) groups is 2. The first-order valence-corrected chi connectivity index (χ1v) is 8.07. The van der Waals surface area contributed by atoms with Crippen LogP contribution in [-0.4, -0.2) is 53.3 Å². The molecule has 0 aliphatic carbocycles. The Morgan fingerprint density at radius 3 is 2.41 bits per heavy atom. The van der Waals surface area contributed by atoms with Gasteiger partial charge in [0.2, 0.25) is 11.8 Å². The Labute approximate surface area is 132 Å². The van der Waals surface area contributed by atoms with Gasteiger partial charge in [-0.3, -0.25) is 14.6 Å². The maximum atomic E-state index is 12.2. The van der Waals surface area contributed by atoms with Crippen LogP contribution in [0.2, 0.25) is 0 Å². The molecule has 1 aliphatic heterocycles. The van der Waals surface area contributed by atoms with Crippen LogP contribution in [0.25, 0.3) is 0 Å². The van der Waals surface area contributed by atoms with Crippen molar-refractivity contribution >= 4 is 11.8 Å². The summed E-state index contributed by atoms with van der Waals surface area (Å²) in [6, 6.07) is 3.89. The van der Waals surface area contributed by atoms with Crippen molar-refractivity contribution in [2.24, 2.45) is 0 Å². The third-order valence-corrected chi connectivity index (χ3v) is 4.17. The van der Waals surface area contributed by atoms with E-state index in [1.54, 1.807) is 24.3 Å². The molecule has 0 bridgehead atoms. The third kappa shape index (κ3) is 5.13. The Balaban J connectivity index is 1.76. The summed E-state index contributed by atoms with van der Waals surface area (Å²) in [6.45, 7) is 2.22. The monoisotopic (exact) mass is 303 g/mol. The van der Waals surface area contributed by atoms with Gasteiger partial charge in [-0.15, -0.1) is 0 Å². The van der Waals surface area contributed by atoms with Crippen LogP contribution in [-0.2, 0) is 16.0 Å². The van der Waals surface area contributed by atoms with Crippen LogP contribution in [0.4, 0.5) is 0 Å². The van der Waals surface area contributed by atoms with Crippen molar-refractivity contribution in [3.63, 3.8) is 0 Å². The minimum absolute atomic E-state index is 0.00710.